The first-order valence-electron chi connectivity index (χ1n) is 6.40. The minimum absolute atomic E-state index is 0.0351. The summed E-state index contributed by atoms with van der Waals surface area (Å²) in [7, 11) is 0. The highest BCUT2D eigenvalue weighted by molar-refractivity contribution is 6.27. The molecular weight excluding hydrogens is 322 g/mol. The fourth-order valence-corrected chi connectivity index (χ4v) is 2.68. The van der Waals surface area contributed by atoms with Crippen LogP contribution >= 0.6 is 0 Å². The Hall–Kier alpha value is -3.82. The van der Waals surface area contributed by atoms with Gasteiger partial charge in [0.2, 0.25) is 0 Å². The van der Waals surface area contributed by atoms with Crippen LogP contribution in [0.1, 0.15) is 21.5 Å². The van der Waals surface area contributed by atoms with Crippen LogP contribution in [0, 0.1) is 25.4 Å². The van der Waals surface area contributed by atoms with Gasteiger partial charge in [-0.2, -0.15) is 0 Å². The number of aromatic carboxylic acids is 1. The van der Waals surface area contributed by atoms with E-state index in [0.717, 1.165) is 24.3 Å². The van der Waals surface area contributed by atoms with Gasteiger partial charge in [0.1, 0.15) is 0 Å². The monoisotopic (exact) mass is 328 g/mol. The minimum Gasteiger partial charge on any atom is -0.791 e. The highest BCUT2D eigenvalue weighted by Crippen LogP contribution is 2.42. The lowest BCUT2D eigenvalue weighted by Gasteiger charge is -2.06. The van der Waals surface area contributed by atoms with Crippen molar-refractivity contribution >= 4 is 23.1 Å². The van der Waals surface area contributed by atoms with Crippen LogP contribution < -0.4 is 0 Å². The zero-order valence-corrected chi connectivity index (χ0v) is 11.6. The van der Waals surface area contributed by atoms with E-state index in [1.54, 1.807) is 0 Å². The van der Waals surface area contributed by atoms with E-state index in [9.17, 15) is 35.3 Å². The Morgan fingerprint density at radius 3 is 2.12 bits per heavy atom. The van der Waals surface area contributed by atoms with Crippen LogP contribution in [0.2, 0.25) is 0 Å². The van der Waals surface area contributed by atoms with Crippen molar-refractivity contribution in [2.45, 2.75) is 0 Å². The summed E-state index contributed by atoms with van der Waals surface area (Å²) in [5.41, 5.74) is -1.12. The van der Waals surface area contributed by atoms with Crippen LogP contribution in [0.5, 0.6) is 0 Å². The first-order chi connectivity index (χ1) is 11.3. The van der Waals surface area contributed by atoms with Crippen molar-refractivity contribution in [2.24, 2.45) is 5.16 Å². The van der Waals surface area contributed by atoms with Gasteiger partial charge in [0, 0.05) is 41.0 Å². The molecule has 10 nitrogen and oxygen atoms in total. The normalized spacial score (nSPS) is 13.4. The molecule has 0 saturated heterocycles. The van der Waals surface area contributed by atoms with Crippen molar-refractivity contribution in [1.82, 2.24) is 0 Å². The van der Waals surface area contributed by atoms with Crippen LogP contribution in [0.3, 0.4) is 0 Å². The predicted molar refractivity (Wildman–Crippen MR) is 81.2 cm³/mol. The molecule has 0 heterocycles. The van der Waals surface area contributed by atoms with Crippen LogP contribution in [0.4, 0.5) is 11.4 Å². The van der Waals surface area contributed by atoms with Crippen LogP contribution in [0.25, 0.3) is 11.1 Å². The minimum atomic E-state index is -1.42. The number of nitrogens with zero attached hydrogens (tertiary/aromatic N) is 3. The van der Waals surface area contributed by atoms with Gasteiger partial charge in [-0.25, -0.2) is 4.79 Å². The summed E-state index contributed by atoms with van der Waals surface area (Å²) in [4.78, 5) is 31.9. The average Bonchev–Trinajstić information content (AvgIpc) is 2.86. The first-order valence-corrected chi connectivity index (χ1v) is 6.40. The number of hydrogen-bond acceptors (Lipinski definition) is 7. The lowest BCUT2D eigenvalue weighted by atomic mass is 9.98. The molecule has 2 aromatic rings. The summed E-state index contributed by atoms with van der Waals surface area (Å²) in [6, 6.07) is 5.44. The van der Waals surface area contributed by atoms with Crippen molar-refractivity contribution in [1.29, 1.82) is 0 Å². The molecular formula is C14H6N3O7-. The molecule has 0 unspecified atom stereocenters. The molecule has 1 aliphatic carbocycles. The molecule has 0 atom stereocenters. The lowest BCUT2D eigenvalue weighted by molar-refractivity contribution is -0.385. The second kappa shape index (κ2) is 5.12. The highest BCUT2D eigenvalue weighted by atomic mass is 16.6. The second-order valence-electron chi connectivity index (χ2n) is 4.91. The fraction of sp³-hybridized carbons (Fsp3) is 0. The number of nitro groups is 2. The number of nitro benzene ring substituents is 2. The number of benzene rings is 2. The smallest absolute Gasteiger partial charge is 0.336 e. The third-order valence-corrected chi connectivity index (χ3v) is 3.65. The van der Waals surface area contributed by atoms with E-state index >= 15 is 0 Å². The molecule has 0 aliphatic heterocycles. The van der Waals surface area contributed by atoms with E-state index in [0.29, 0.717) is 0 Å². The van der Waals surface area contributed by atoms with E-state index < -0.39 is 21.5 Å². The molecule has 24 heavy (non-hydrogen) atoms. The van der Waals surface area contributed by atoms with E-state index in [2.05, 4.69) is 5.16 Å². The number of non-ortho nitro benzene ring substituents is 2. The van der Waals surface area contributed by atoms with Gasteiger partial charge >= 0.3 is 5.97 Å². The number of rotatable bonds is 3. The highest BCUT2D eigenvalue weighted by Gasteiger charge is 2.32. The zero-order valence-electron chi connectivity index (χ0n) is 11.6. The third kappa shape index (κ3) is 2.05. The number of carboxylic acid groups (broad SMARTS) is 1. The first kappa shape index (κ1) is 15.1. The molecule has 3 rings (SSSR count). The molecule has 10 heteroatoms. The topological polar surface area (TPSA) is 159 Å². The van der Waals surface area contributed by atoms with Gasteiger partial charge in [0.15, 0.2) is 0 Å². The van der Waals surface area contributed by atoms with Crippen LogP contribution in [-0.4, -0.2) is 26.6 Å². The molecule has 0 aromatic heterocycles. The molecule has 0 fully saturated rings. The number of carboxylic acids is 1. The van der Waals surface area contributed by atoms with Crippen LogP contribution in [0.15, 0.2) is 35.5 Å². The summed E-state index contributed by atoms with van der Waals surface area (Å²) >= 11 is 0. The van der Waals surface area contributed by atoms with Gasteiger partial charge in [-0.15, -0.1) is 0 Å². The average molecular weight is 328 g/mol. The quantitative estimate of drug-likeness (QED) is 0.571. The van der Waals surface area contributed by atoms with Crippen molar-refractivity contribution in [3.63, 3.8) is 0 Å². The predicted octanol–water partition coefficient (Wildman–Crippen LogP) is 2.52. The molecule has 0 amide bonds. The van der Waals surface area contributed by atoms with E-state index in [1.165, 1.54) is 6.07 Å². The van der Waals surface area contributed by atoms with Crippen molar-refractivity contribution < 1.29 is 19.7 Å². The van der Waals surface area contributed by atoms with Gasteiger partial charge < -0.3 is 15.5 Å². The molecule has 1 aliphatic rings. The van der Waals surface area contributed by atoms with Gasteiger partial charge in [-0.1, -0.05) is 0 Å². The maximum Gasteiger partial charge on any atom is 0.336 e. The van der Waals surface area contributed by atoms with Gasteiger partial charge in [-0.05, 0) is 11.6 Å². The van der Waals surface area contributed by atoms with Crippen LogP contribution in [-0.2, 0) is 0 Å². The lowest BCUT2D eigenvalue weighted by Crippen LogP contribution is -2.04. The number of carbonyl (C=O) groups is 1. The Balaban J connectivity index is 2.39. The van der Waals surface area contributed by atoms with Gasteiger partial charge in [0.05, 0.1) is 21.1 Å². The molecule has 1 N–H and O–H groups in total. The summed E-state index contributed by atoms with van der Waals surface area (Å²) < 4.78 is 0. The molecule has 0 bridgehead atoms. The SMILES string of the molecule is O=C(O)c1cc([N+](=O)[O-])cc2c1-c1ccc([N+](=O)[O-])cc1/C2=N\[O-]. The molecule has 2 aromatic carbocycles. The maximum atomic E-state index is 11.5. The van der Waals surface area contributed by atoms with Crippen molar-refractivity contribution in [3.8, 4) is 11.1 Å². The summed E-state index contributed by atoms with van der Waals surface area (Å²) in [6.07, 6.45) is 0. The third-order valence-electron chi connectivity index (χ3n) is 3.65. The summed E-state index contributed by atoms with van der Waals surface area (Å²) in [5.74, 6) is -1.42. The van der Waals surface area contributed by atoms with Crippen molar-refractivity contribution in [2.75, 3.05) is 0 Å². The number of fused-ring (bicyclic) bond motifs is 3. The Morgan fingerprint density at radius 1 is 0.958 bits per heavy atom. The van der Waals surface area contributed by atoms with E-state index in [1.807, 2.05) is 0 Å². The Morgan fingerprint density at radius 2 is 1.58 bits per heavy atom. The summed E-state index contributed by atoms with van der Waals surface area (Å²) in [5, 5.41) is 45.2. The summed E-state index contributed by atoms with van der Waals surface area (Å²) in [6.45, 7) is 0. The Labute approximate surface area is 132 Å². The molecule has 120 valence electrons. The van der Waals surface area contributed by atoms with Gasteiger partial charge in [0.25, 0.3) is 11.4 Å². The largest absolute Gasteiger partial charge is 0.791 e. The second-order valence-corrected chi connectivity index (χ2v) is 4.91. The molecule has 0 spiro atoms. The molecule has 0 saturated carbocycles. The Bertz CT molecular complexity index is 965. The van der Waals surface area contributed by atoms with E-state index in [-0.39, 0.29) is 39.2 Å². The number of hydrogen-bond donors (Lipinski definition) is 1. The zero-order chi connectivity index (χ0) is 17.6. The van der Waals surface area contributed by atoms with Gasteiger partial charge in [-0.3, -0.25) is 20.2 Å². The fourth-order valence-electron chi connectivity index (χ4n) is 2.68. The molecule has 0 radical (unpaired) electrons. The van der Waals surface area contributed by atoms with E-state index in [4.69, 9.17) is 0 Å². The standard InChI is InChI=1S/C14H7N3O7/c18-14(19)11-5-7(17(23)24)4-10-12(11)8-2-1-6(16(21)22)3-9(8)13(10)15-20/h1-5,20H,(H,18,19)/p-1/b15-13+. The maximum absolute atomic E-state index is 11.5. The Kier molecular flexibility index (Phi) is 3.22. The van der Waals surface area contributed by atoms with Crippen molar-refractivity contribution in [3.05, 3.63) is 72.5 Å².